The van der Waals surface area contributed by atoms with E-state index < -0.39 is 0 Å². The average molecular weight is 237 g/mol. The first-order valence-electron chi connectivity index (χ1n) is 5.98. The van der Waals surface area contributed by atoms with Crippen molar-refractivity contribution < 1.29 is 9.32 Å². The van der Waals surface area contributed by atoms with Crippen LogP contribution >= 0.6 is 0 Å². The minimum Gasteiger partial charge on any atom is -0.359 e. The number of anilines is 1. The Labute approximate surface area is 101 Å². The molecule has 1 aliphatic heterocycles. The fraction of sp³-hybridized carbons (Fsp3) is 0.667. The van der Waals surface area contributed by atoms with E-state index >= 15 is 0 Å². The third-order valence-corrected chi connectivity index (χ3v) is 2.88. The Kier molecular flexibility index (Phi) is 3.19. The highest BCUT2D eigenvalue weighted by Crippen LogP contribution is 2.24. The maximum atomic E-state index is 11.8. The second kappa shape index (κ2) is 4.49. The lowest BCUT2D eigenvalue weighted by Gasteiger charge is -2.12. The van der Waals surface area contributed by atoms with E-state index in [2.05, 4.69) is 15.8 Å². The van der Waals surface area contributed by atoms with Crippen LogP contribution in [0.5, 0.6) is 0 Å². The summed E-state index contributed by atoms with van der Waals surface area (Å²) in [4.78, 5) is 11.8. The second-order valence-corrected chi connectivity index (χ2v) is 5.46. The summed E-state index contributed by atoms with van der Waals surface area (Å²) < 4.78 is 5.21. The summed E-state index contributed by atoms with van der Waals surface area (Å²) >= 11 is 0. The predicted molar refractivity (Wildman–Crippen MR) is 64.9 cm³/mol. The molecule has 5 heteroatoms. The van der Waals surface area contributed by atoms with Crippen LogP contribution in [0.4, 0.5) is 5.82 Å². The summed E-state index contributed by atoms with van der Waals surface area (Å²) in [6.07, 6.45) is 1.93. The molecule has 17 heavy (non-hydrogen) atoms. The van der Waals surface area contributed by atoms with Crippen molar-refractivity contribution in [2.45, 2.75) is 45.1 Å². The fourth-order valence-corrected chi connectivity index (χ4v) is 1.81. The van der Waals surface area contributed by atoms with Crippen molar-refractivity contribution in [1.82, 2.24) is 10.5 Å². The topological polar surface area (TPSA) is 67.2 Å². The van der Waals surface area contributed by atoms with Crippen LogP contribution < -0.4 is 10.6 Å². The van der Waals surface area contributed by atoms with Crippen LogP contribution in [0.15, 0.2) is 10.6 Å². The lowest BCUT2D eigenvalue weighted by molar-refractivity contribution is -0.117. The molecule has 1 fully saturated rings. The fourth-order valence-electron chi connectivity index (χ4n) is 1.81. The molecule has 5 nitrogen and oxygen atoms in total. The summed E-state index contributed by atoms with van der Waals surface area (Å²) in [6.45, 7) is 7.02. The van der Waals surface area contributed by atoms with Gasteiger partial charge in [-0.05, 0) is 19.4 Å². The van der Waals surface area contributed by atoms with E-state index in [1.54, 1.807) is 6.07 Å². The molecule has 2 rings (SSSR count). The van der Waals surface area contributed by atoms with Crippen LogP contribution in [-0.2, 0) is 10.2 Å². The highest BCUT2D eigenvalue weighted by molar-refractivity contribution is 5.94. The lowest BCUT2D eigenvalue weighted by atomic mass is 9.93. The molecule has 0 radical (unpaired) electrons. The minimum atomic E-state index is -0.0956. The van der Waals surface area contributed by atoms with E-state index in [1.165, 1.54) is 0 Å². The SMILES string of the molecule is CC(C)(C)c1cc(NC(=O)C2CCCN2)no1. The zero-order valence-corrected chi connectivity index (χ0v) is 10.5. The van der Waals surface area contributed by atoms with Gasteiger partial charge in [0.2, 0.25) is 5.91 Å². The van der Waals surface area contributed by atoms with Crippen molar-refractivity contribution in [1.29, 1.82) is 0 Å². The molecule has 0 spiro atoms. The van der Waals surface area contributed by atoms with E-state index in [4.69, 9.17) is 4.52 Å². The van der Waals surface area contributed by atoms with Crippen LogP contribution in [0.25, 0.3) is 0 Å². The standard InChI is InChI=1S/C12H19N3O2/c1-12(2,3)9-7-10(15-17-9)14-11(16)8-5-4-6-13-8/h7-8,13H,4-6H2,1-3H3,(H,14,15,16). The maximum absolute atomic E-state index is 11.8. The quantitative estimate of drug-likeness (QED) is 0.821. The minimum absolute atomic E-state index is 0.0312. The van der Waals surface area contributed by atoms with Crippen LogP contribution in [0.2, 0.25) is 0 Å². The third kappa shape index (κ3) is 2.85. The van der Waals surface area contributed by atoms with Gasteiger partial charge in [0.05, 0.1) is 6.04 Å². The molecule has 1 aromatic rings. The average Bonchev–Trinajstić information content (AvgIpc) is 2.85. The van der Waals surface area contributed by atoms with Gasteiger partial charge in [-0.15, -0.1) is 0 Å². The second-order valence-electron chi connectivity index (χ2n) is 5.46. The van der Waals surface area contributed by atoms with Crippen molar-refractivity contribution in [3.05, 3.63) is 11.8 Å². The Morgan fingerprint density at radius 2 is 2.35 bits per heavy atom. The van der Waals surface area contributed by atoms with Gasteiger partial charge in [0.25, 0.3) is 0 Å². The highest BCUT2D eigenvalue weighted by Gasteiger charge is 2.24. The first kappa shape index (κ1) is 12.1. The van der Waals surface area contributed by atoms with E-state index in [-0.39, 0.29) is 17.4 Å². The maximum Gasteiger partial charge on any atom is 0.242 e. The zero-order chi connectivity index (χ0) is 12.5. The van der Waals surface area contributed by atoms with Crippen molar-refractivity contribution >= 4 is 11.7 Å². The van der Waals surface area contributed by atoms with Gasteiger partial charge >= 0.3 is 0 Å². The molecule has 0 bridgehead atoms. The van der Waals surface area contributed by atoms with Crippen LogP contribution in [-0.4, -0.2) is 23.7 Å². The Morgan fingerprint density at radius 3 is 2.88 bits per heavy atom. The Balaban J connectivity index is 1.99. The van der Waals surface area contributed by atoms with Gasteiger partial charge in [0, 0.05) is 11.5 Å². The Hall–Kier alpha value is -1.36. The molecule has 0 aliphatic carbocycles. The van der Waals surface area contributed by atoms with Crippen LogP contribution in [0, 0.1) is 0 Å². The summed E-state index contributed by atoms with van der Waals surface area (Å²) in [5.41, 5.74) is -0.0956. The molecule has 1 atom stereocenters. The molecule has 1 unspecified atom stereocenters. The summed E-state index contributed by atoms with van der Waals surface area (Å²) in [7, 11) is 0. The molecule has 2 heterocycles. The van der Waals surface area contributed by atoms with Crippen molar-refractivity contribution in [2.75, 3.05) is 11.9 Å². The van der Waals surface area contributed by atoms with Gasteiger partial charge in [-0.25, -0.2) is 0 Å². The number of carbonyl (C=O) groups is 1. The molecule has 1 aromatic heterocycles. The predicted octanol–water partition coefficient (Wildman–Crippen LogP) is 1.66. The molecule has 1 aliphatic rings. The zero-order valence-electron chi connectivity index (χ0n) is 10.5. The Bertz CT molecular complexity index is 400. The van der Waals surface area contributed by atoms with Crippen LogP contribution in [0.1, 0.15) is 39.4 Å². The van der Waals surface area contributed by atoms with Crippen molar-refractivity contribution in [3.8, 4) is 0 Å². The summed E-state index contributed by atoms with van der Waals surface area (Å²) in [6, 6.07) is 1.69. The molecular formula is C12H19N3O2. The molecule has 2 N–H and O–H groups in total. The molecule has 94 valence electrons. The number of hydrogen-bond acceptors (Lipinski definition) is 4. The van der Waals surface area contributed by atoms with Gasteiger partial charge in [-0.1, -0.05) is 25.9 Å². The number of rotatable bonds is 2. The van der Waals surface area contributed by atoms with E-state index in [9.17, 15) is 4.79 Å². The number of nitrogens with zero attached hydrogens (tertiary/aromatic N) is 1. The largest absolute Gasteiger partial charge is 0.359 e. The van der Waals surface area contributed by atoms with E-state index in [0.717, 1.165) is 25.1 Å². The number of aromatic nitrogens is 1. The molecular weight excluding hydrogens is 218 g/mol. The number of hydrogen-bond donors (Lipinski definition) is 2. The first-order chi connectivity index (χ1) is 7.97. The van der Waals surface area contributed by atoms with Gasteiger partial charge in [0.1, 0.15) is 5.76 Å². The van der Waals surface area contributed by atoms with Gasteiger partial charge in [0.15, 0.2) is 5.82 Å². The number of amides is 1. The molecule has 0 aromatic carbocycles. The Morgan fingerprint density at radius 1 is 1.59 bits per heavy atom. The van der Waals surface area contributed by atoms with Gasteiger partial charge in [-0.3, -0.25) is 4.79 Å². The van der Waals surface area contributed by atoms with Crippen molar-refractivity contribution in [2.24, 2.45) is 0 Å². The van der Waals surface area contributed by atoms with E-state index in [1.807, 2.05) is 20.8 Å². The first-order valence-corrected chi connectivity index (χ1v) is 5.98. The summed E-state index contributed by atoms with van der Waals surface area (Å²) in [5.74, 6) is 1.23. The third-order valence-electron chi connectivity index (χ3n) is 2.88. The number of carbonyl (C=O) groups excluding carboxylic acids is 1. The highest BCUT2D eigenvalue weighted by atomic mass is 16.5. The van der Waals surface area contributed by atoms with Gasteiger partial charge in [-0.2, -0.15) is 0 Å². The molecule has 1 amide bonds. The van der Waals surface area contributed by atoms with E-state index in [0.29, 0.717) is 5.82 Å². The normalized spacial score (nSPS) is 20.5. The summed E-state index contributed by atoms with van der Waals surface area (Å²) in [5, 5.41) is 9.77. The monoisotopic (exact) mass is 237 g/mol. The van der Waals surface area contributed by atoms with Gasteiger partial charge < -0.3 is 15.2 Å². The number of nitrogens with one attached hydrogen (secondary N) is 2. The lowest BCUT2D eigenvalue weighted by Crippen LogP contribution is -2.35. The molecule has 1 saturated heterocycles. The molecule has 0 saturated carbocycles. The smallest absolute Gasteiger partial charge is 0.242 e. The van der Waals surface area contributed by atoms with Crippen LogP contribution in [0.3, 0.4) is 0 Å². The van der Waals surface area contributed by atoms with Crippen molar-refractivity contribution in [3.63, 3.8) is 0 Å².